The van der Waals surface area contributed by atoms with Crippen LogP contribution in [0.5, 0.6) is 23.0 Å². The number of aromatic hydroxyl groups is 1. The zero-order valence-electron chi connectivity index (χ0n) is 16.6. The molecule has 1 amide bonds. The third kappa shape index (κ3) is 5.64. The Kier molecular flexibility index (Phi) is 7.68. The van der Waals surface area contributed by atoms with Crippen LogP contribution in [0.3, 0.4) is 0 Å². The first-order valence-corrected chi connectivity index (χ1v) is 8.98. The molecule has 1 unspecified atom stereocenters. The molecule has 150 valence electrons. The summed E-state index contributed by atoms with van der Waals surface area (Å²) in [5.41, 5.74) is 4.22. The first-order valence-electron chi connectivity index (χ1n) is 8.98. The number of phenolic OH excluding ortho intramolecular Hbond substituents is 1. The largest absolute Gasteiger partial charge is 0.502 e. The Morgan fingerprint density at radius 2 is 1.79 bits per heavy atom. The summed E-state index contributed by atoms with van der Waals surface area (Å²) >= 11 is 0. The van der Waals surface area contributed by atoms with Crippen molar-refractivity contribution in [2.75, 3.05) is 20.8 Å². The highest BCUT2D eigenvalue weighted by Crippen LogP contribution is 2.36. The number of nitrogens with zero attached hydrogens (tertiary/aromatic N) is 1. The molecule has 7 heteroatoms. The van der Waals surface area contributed by atoms with E-state index in [1.165, 1.54) is 26.0 Å². The van der Waals surface area contributed by atoms with Crippen LogP contribution in [0.4, 0.5) is 0 Å². The number of benzene rings is 2. The van der Waals surface area contributed by atoms with Crippen LogP contribution in [-0.4, -0.2) is 38.1 Å². The lowest BCUT2D eigenvalue weighted by Gasteiger charge is -2.10. The maximum atomic E-state index is 11.9. The number of carbonyl (C=O) groups is 1. The van der Waals surface area contributed by atoms with Gasteiger partial charge in [-0.2, -0.15) is 5.10 Å². The highest BCUT2D eigenvalue weighted by atomic mass is 16.5. The van der Waals surface area contributed by atoms with Gasteiger partial charge in [-0.3, -0.25) is 4.79 Å². The molecular weight excluding hydrogens is 360 g/mol. The van der Waals surface area contributed by atoms with Crippen LogP contribution < -0.4 is 19.6 Å². The first-order chi connectivity index (χ1) is 13.5. The van der Waals surface area contributed by atoms with Gasteiger partial charge < -0.3 is 19.3 Å². The minimum Gasteiger partial charge on any atom is -0.502 e. The number of ether oxygens (including phenoxy) is 3. The second-order valence-corrected chi connectivity index (χ2v) is 6.23. The lowest BCUT2D eigenvalue weighted by atomic mass is 9.99. The molecule has 0 aromatic heterocycles. The van der Waals surface area contributed by atoms with Crippen LogP contribution in [0.25, 0.3) is 0 Å². The number of rotatable bonds is 9. The molecule has 0 aliphatic carbocycles. The molecular formula is C21H26N2O5. The molecule has 2 aromatic rings. The van der Waals surface area contributed by atoms with Crippen molar-refractivity contribution in [1.29, 1.82) is 0 Å². The van der Waals surface area contributed by atoms with Gasteiger partial charge >= 0.3 is 0 Å². The Morgan fingerprint density at radius 1 is 1.18 bits per heavy atom. The quantitative estimate of drug-likeness (QED) is 0.509. The molecule has 0 heterocycles. The lowest BCUT2D eigenvalue weighted by molar-refractivity contribution is -0.123. The molecule has 2 N–H and O–H groups in total. The Hall–Kier alpha value is -3.22. The van der Waals surface area contributed by atoms with Gasteiger partial charge in [-0.1, -0.05) is 26.0 Å². The van der Waals surface area contributed by atoms with Crippen molar-refractivity contribution < 1.29 is 24.1 Å². The molecule has 1 atom stereocenters. The van der Waals surface area contributed by atoms with E-state index in [0.717, 1.165) is 6.42 Å². The van der Waals surface area contributed by atoms with Crippen molar-refractivity contribution in [1.82, 2.24) is 5.43 Å². The highest BCUT2D eigenvalue weighted by Gasteiger charge is 2.10. The third-order valence-corrected chi connectivity index (χ3v) is 4.34. The molecule has 0 radical (unpaired) electrons. The standard InChI is InChI=1S/C21H26N2O5/c1-5-14(2)16-6-8-17(9-7-16)28-13-20(24)23-22-12-15-10-18(26-3)21(25)19(11-15)27-4/h6-12,14,25H,5,13H2,1-4H3,(H,23,24)/b22-12+. The fraction of sp³-hybridized carbons (Fsp3) is 0.333. The van der Waals surface area contributed by atoms with Crippen LogP contribution in [0.2, 0.25) is 0 Å². The van der Waals surface area contributed by atoms with Crippen molar-refractivity contribution in [3.8, 4) is 23.0 Å². The van der Waals surface area contributed by atoms with E-state index >= 15 is 0 Å². The second-order valence-electron chi connectivity index (χ2n) is 6.23. The molecule has 0 saturated heterocycles. The summed E-state index contributed by atoms with van der Waals surface area (Å²) in [6, 6.07) is 10.9. The molecule has 0 aliphatic rings. The Labute approximate surface area is 164 Å². The van der Waals surface area contributed by atoms with Crippen molar-refractivity contribution >= 4 is 12.1 Å². The lowest BCUT2D eigenvalue weighted by Crippen LogP contribution is -2.24. The van der Waals surface area contributed by atoms with E-state index in [4.69, 9.17) is 14.2 Å². The van der Waals surface area contributed by atoms with Gasteiger partial charge in [0.05, 0.1) is 20.4 Å². The topological polar surface area (TPSA) is 89.4 Å². The first kappa shape index (κ1) is 21.1. The smallest absolute Gasteiger partial charge is 0.277 e. The number of hydrazone groups is 1. The van der Waals surface area contributed by atoms with Crippen LogP contribution in [0.15, 0.2) is 41.5 Å². The average molecular weight is 386 g/mol. The molecule has 7 nitrogen and oxygen atoms in total. The second kappa shape index (κ2) is 10.2. The maximum absolute atomic E-state index is 11.9. The van der Waals surface area contributed by atoms with Gasteiger partial charge in [0.15, 0.2) is 18.1 Å². The number of hydrogen-bond donors (Lipinski definition) is 2. The van der Waals surface area contributed by atoms with Crippen molar-refractivity contribution in [3.63, 3.8) is 0 Å². The summed E-state index contributed by atoms with van der Waals surface area (Å²) < 4.78 is 15.6. The van der Waals surface area contributed by atoms with E-state index < -0.39 is 0 Å². The van der Waals surface area contributed by atoms with Crippen LogP contribution >= 0.6 is 0 Å². The van der Waals surface area contributed by atoms with E-state index in [-0.39, 0.29) is 29.8 Å². The van der Waals surface area contributed by atoms with Gasteiger partial charge in [-0.05, 0) is 42.2 Å². The summed E-state index contributed by atoms with van der Waals surface area (Å²) in [4.78, 5) is 11.9. The zero-order chi connectivity index (χ0) is 20.5. The van der Waals surface area contributed by atoms with E-state index in [1.807, 2.05) is 24.3 Å². The van der Waals surface area contributed by atoms with E-state index in [1.54, 1.807) is 12.1 Å². The predicted octanol–water partition coefficient (Wildman–Crippen LogP) is 3.45. The van der Waals surface area contributed by atoms with Gasteiger partial charge in [0.25, 0.3) is 5.91 Å². The van der Waals surface area contributed by atoms with Gasteiger partial charge in [-0.15, -0.1) is 0 Å². The van der Waals surface area contributed by atoms with Crippen LogP contribution in [-0.2, 0) is 4.79 Å². The number of carbonyl (C=O) groups excluding carboxylic acids is 1. The summed E-state index contributed by atoms with van der Waals surface area (Å²) in [5.74, 6) is 1.12. The number of phenols is 1. The minimum atomic E-state index is -0.389. The summed E-state index contributed by atoms with van der Waals surface area (Å²) in [6.07, 6.45) is 2.49. The molecule has 2 aromatic carbocycles. The molecule has 0 saturated carbocycles. The van der Waals surface area contributed by atoms with Crippen molar-refractivity contribution in [2.24, 2.45) is 5.10 Å². The fourth-order valence-electron chi connectivity index (χ4n) is 2.48. The number of amides is 1. The van der Waals surface area contributed by atoms with Gasteiger partial charge in [0.2, 0.25) is 5.75 Å². The molecule has 28 heavy (non-hydrogen) atoms. The zero-order valence-corrected chi connectivity index (χ0v) is 16.6. The van der Waals surface area contributed by atoms with Crippen LogP contribution in [0.1, 0.15) is 37.3 Å². The van der Waals surface area contributed by atoms with Crippen molar-refractivity contribution in [3.05, 3.63) is 47.5 Å². The average Bonchev–Trinajstić information content (AvgIpc) is 2.72. The molecule has 0 bridgehead atoms. The predicted molar refractivity (Wildman–Crippen MR) is 108 cm³/mol. The maximum Gasteiger partial charge on any atom is 0.277 e. The fourth-order valence-corrected chi connectivity index (χ4v) is 2.48. The SMILES string of the molecule is CCC(C)c1ccc(OCC(=O)N/N=C/c2cc(OC)c(O)c(OC)c2)cc1. The Morgan fingerprint density at radius 3 is 2.32 bits per heavy atom. The van der Waals surface area contributed by atoms with E-state index in [2.05, 4.69) is 24.4 Å². The summed E-state index contributed by atoms with van der Waals surface area (Å²) in [7, 11) is 2.87. The summed E-state index contributed by atoms with van der Waals surface area (Å²) in [5, 5.41) is 13.8. The third-order valence-electron chi connectivity index (χ3n) is 4.34. The van der Waals surface area contributed by atoms with Gasteiger partial charge in [0.1, 0.15) is 5.75 Å². The minimum absolute atomic E-state index is 0.0982. The monoisotopic (exact) mass is 386 g/mol. The Bertz CT molecular complexity index is 793. The van der Waals surface area contributed by atoms with E-state index in [0.29, 0.717) is 17.2 Å². The Balaban J connectivity index is 1.88. The molecule has 0 fully saturated rings. The number of hydrogen-bond acceptors (Lipinski definition) is 6. The number of methoxy groups -OCH3 is 2. The van der Waals surface area contributed by atoms with E-state index in [9.17, 15) is 9.90 Å². The highest BCUT2D eigenvalue weighted by molar-refractivity contribution is 5.84. The van der Waals surface area contributed by atoms with Crippen LogP contribution in [0, 0.1) is 0 Å². The molecule has 2 rings (SSSR count). The molecule has 0 spiro atoms. The van der Waals surface area contributed by atoms with Crippen molar-refractivity contribution in [2.45, 2.75) is 26.2 Å². The number of nitrogens with one attached hydrogen (secondary N) is 1. The summed E-state index contributed by atoms with van der Waals surface area (Å²) in [6.45, 7) is 4.16. The van der Waals surface area contributed by atoms with Gasteiger partial charge in [-0.25, -0.2) is 5.43 Å². The van der Waals surface area contributed by atoms with Gasteiger partial charge in [0, 0.05) is 5.56 Å². The molecule has 0 aliphatic heterocycles. The normalized spacial score (nSPS) is 11.9.